The molecule has 0 fully saturated rings. The molecule has 4 nitrogen and oxygen atoms in total. The Hall–Kier alpha value is -3.01. The van der Waals surface area contributed by atoms with Gasteiger partial charge in [-0.15, -0.1) is 0 Å². The number of para-hydroxylation sites is 1. The monoisotopic (exact) mass is 279 g/mol. The van der Waals surface area contributed by atoms with E-state index in [9.17, 15) is 9.90 Å². The number of phenolic OH excluding ortho intramolecular Hbond substituents is 1. The number of phenols is 1. The molecule has 0 spiro atoms. The molecule has 3 aromatic rings. The molecule has 1 heterocycles. The minimum Gasteiger partial charge on any atom is -0.507 e. The average molecular weight is 279 g/mol. The molecule has 21 heavy (non-hydrogen) atoms. The molecule has 104 valence electrons. The van der Waals surface area contributed by atoms with E-state index in [1.165, 1.54) is 12.5 Å². The van der Waals surface area contributed by atoms with Crippen molar-refractivity contribution in [3.63, 3.8) is 0 Å². The Kier molecular flexibility index (Phi) is 3.43. The summed E-state index contributed by atoms with van der Waals surface area (Å²) < 4.78 is 4.87. The van der Waals surface area contributed by atoms with Crippen LogP contribution in [0.15, 0.2) is 71.5 Å². The van der Waals surface area contributed by atoms with Crippen LogP contribution in [-0.2, 0) is 0 Å². The highest BCUT2D eigenvalue weighted by molar-refractivity contribution is 6.04. The van der Waals surface area contributed by atoms with Crippen molar-refractivity contribution in [1.29, 1.82) is 0 Å². The van der Waals surface area contributed by atoms with Crippen LogP contribution in [0.1, 0.15) is 10.4 Å². The van der Waals surface area contributed by atoms with E-state index in [4.69, 9.17) is 4.42 Å². The molecule has 0 radical (unpaired) electrons. The van der Waals surface area contributed by atoms with Gasteiger partial charge in [0.1, 0.15) is 12.0 Å². The van der Waals surface area contributed by atoms with E-state index in [1.54, 1.807) is 30.3 Å². The van der Waals surface area contributed by atoms with Gasteiger partial charge in [0.25, 0.3) is 5.91 Å². The summed E-state index contributed by atoms with van der Waals surface area (Å²) in [6, 6.07) is 16.0. The van der Waals surface area contributed by atoms with E-state index in [1.807, 2.05) is 24.3 Å². The molecule has 0 aliphatic heterocycles. The van der Waals surface area contributed by atoms with Gasteiger partial charge in [-0.3, -0.25) is 4.79 Å². The first kappa shape index (κ1) is 13.0. The third-order valence-electron chi connectivity index (χ3n) is 3.14. The molecule has 0 aliphatic carbocycles. The highest BCUT2D eigenvalue weighted by Gasteiger charge is 2.08. The molecule has 0 atom stereocenters. The third-order valence-corrected chi connectivity index (χ3v) is 3.14. The van der Waals surface area contributed by atoms with Gasteiger partial charge in [0.2, 0.25) is 0 Å². The minimum absolute atomic E-state index is 0.223. The lowest BCUT2D eigenvalue weighted by Gasteiger charge is -2.07. The number of carbonyl (C=O) groups is 1. The topological polar surface area (TPSA) is 62.5 Å². The molecule has 0 unspecified atom stereocenters. The van der Waals surface area contributed by atoms with Crippen LogP contribution in [0.3, 0.4) is 0 Å². The highest BCUT2D eigenvalue weighted by Crippen LogP contribution is 2.29. The Balaban J connectivity index is 1.79. The van der Waals surface area contributed by atoms with Gasteiger partial charge in [-0.05, 0) is 29.8 Å². The van der Waals surface area contributed by atoms with Crippen LogP contribution >= 0.6 is 0 Å². The number of amides is 1. The zero-order valence-electron chi connectivity index (χ0n) is 11.1. The van der Waals surface area contributed by atoms with Crippen molar-refractivity contribution in [2.24, 2.45) is 0 Å². The van der Waals surface area contributed by atoms with Gasteiger partial charge in [0.15, 0.2) is 0 Å². The molecule has 3 rings (SSSR count). The summed E-state index contributed by atoms with van der Waals surface area (Å²) in [7, 11) is 0. The standard InChI is InChI=1S/C17H13NO3/c19-16-4-2-1-3-15(16)12-5-7-14(8-6-12)18-17(20)13-9-10-21-11-13/h1-11,19H,(H,18,20). The predicted octanol–water partition coefficient (Wildman–Crippen LogP) is 3.90. The summed E-state index contributed by atoms with van der Waals surface area (Å²) >= 11 is 0. The molecular weight excluding hydrogens is 266 g/mol. The summed E-state index contributed by atoms with van der Waals surface area (Å²) in [6.07, 6.45) is 2.85. The Morgan fingerprint density at radius 1 is 1.00 bits per heavy atom. The first-order valence-corrected chi connectivity index (χ1v) is 6.46. The lowest BCUT2D eigenvalue weighted by atomic mass is 10.0. The van der Waals surface area contributed by atoms with Crippen LogP contribution in [0.25, 0.3) is 11.1 Å². The Morgan fingerprint density at radius 2 is 1.76 bits per heavy atom. The lowest BCUT2D eigenvalue weighted by Crippen LogP contribution is -2.10. The van der Waals surface area contributed by atoms with E-state index in [-0.39, 0.29) is 11.7 Å². The number of hydrogen-bond donors (Lipinski definition) is 2. The second-order valence-corrected chi connectivity index (χ2v) is 4.56. The molecule has 1 amide bonds. The maximum Gasteiger partial charge on any atom is 0.258 e. The zero-order valence-corrected chi connectivity index (χ0v) is 11.1. The molecule has 2 aromatic carbocycles. The molecule has 0 bridgehead atoms. The van der Waals surface area contributed by atoms with E-state index < -0.39 is 0 Å². The van der Waals surface area contributed by atoms with Crippen LogP contribution < -0.4 is 5.32 Å². The second kappa shape index (κ2) is 5.54. The van der Waals surface area contributed by atoms with Gasteiger partial charge in [-0.2, -0.15) is 0 Å². The summed E-state index contributed by atoms with van der Waals surface area (Å²) in [6.45, 7) is 0. The number of hydrogen-bond acceptors (Lipinski definition) is 3. The van der Waals surface area contributed by atoms with Crippen molar-refractivity contribution in [1.82, 2.24) is 0 Å². The highest BCUT2D eigenvalue weighted by atomic mass is 16.3. The smallest absolute Gasteiger partial charge is 0.258 e. The molecule has 0 saturated carbocycles. The molecule has 2 N–H and O–H groups in total. The Morgan fingerprint density at radius 3 is 2.43 bits per heavy atom. The average Bonchev–Trinajstić information content (AvgIpc) is 3.03. The zero-order chi connectivity index (χ0) is 14.7. The fourth-order valence-electron chi connectivity index (χ4n) is 2.05. The first-order chi connectivity index (χ1) is 10.2. The van der Waals surface area contributed by atoms with Gasteiger partial charge >= 0.3 is 0 Å². The van der Waals surface area contributed by atoms with E-state index >= 15 is 0 Å². The minimum atomic E-state index is -0.223. The number of aromatic hydroxyl groups is 1. The molecule has 4 heteroatoms. The van der Waals surface area contributed by atoms with E-state index in [0.29, 0.717) is 11.3 Å². The maximum absolute atomic E-state index is 11.9. The van der Waals surface area contributed by atoms with Gasteiger partial charge < -0.3 is 14.8 Å². The summed E-state index contributed by atoms with van der Waals surface area (Å²) in [5.74, 6) is 0.00624. The van der Waals surface area contributed by atoms with Gasteiger partial charge in [0.05, 0.1) is 11.8 Å². The molecule has 1 aromatic heterocycles. The number of carbonyl (C=O) groups excluding carboxylic acids is 1. The third kappa shape index (κ3) is 2.79. The molecular formula is C17H13NO3. The number of benzene rings is 2. The van der Waals surface area contributed by atoms with Crippen LogP contribution in [0, 0.1) is 0 Å². The van der Waals surface area contributed by atoms with Crippen molar-refractivity contribution in [3.05, 3.63) is 72.7 Å². The quantitative estimate of drug-likeness (QED) is 0.764. The van der Waals surface area contributed by atoms with Crippen LogP contribution in [-0.4, -0.2) is 11.0 Å². The predicted molar refractivity (Wildman–Crippen MR) is 80.2 cm³/mol. The van der Waals surface area contributed by atoms with Crippen molar-refractivity contribution >= 4 is 11.6 Å². The van der Waals surface area contributed by atoms with Crippen LogP contribution in [0.5, 0.6) is 5.75 Å². The van der Waals surface area contributed by atoms with Gasteiger partial charge in [0, 0.05) is 11.3 Å². The van der Waals surface area contributed by atoms with E-state index in [0.717, 1.165) is 11.1 Å². The fraction of sp³-hybridized carbons (Fsp3) is 0. The SMILES string of the molecule is O=C(Nc1ccc(-c2ccccc2O)cc1)c1ccoc1. The molecule has 0 saturated heterocycles. The Labute approximate surface area is 121 Å². The summed E-state index contributed by atoms with van der Waals surface area (Å²) in [5.41, 5.74) is 2.79. The number of anilines is 1. The largest absolute Gasteiger partial charge is 0.507 e. The van der Waals surface area contributed by atoms with Gasteiger partial charge in [-0.1, -0.05) is 30.3 Å². The van der Waals surface area contributed by atoms with Crippen molar-refractivity contribution in [2.75, 3.05) is 5.32 Å². The molecule has 0 aliphatic rings. The number of rotatable bonds is 3. The van der Waals surface area contributed by atoms with E-state index in [2.05, 4.69) is 5.32 Å². The number of nitrogens with one attached hydrogen (secondary N) is 1. The van der Waals surface area contributed by atoms with Gasteiger partial charge in [-0.25, -0.2) is 0 Å². The summed E-state index contributed by atoms with van der Waals surface area (Å²) in [4.78, 5) is 11.9. The lowest BCUT2D eigenvalue weighted by molar-refractivity contribution is 0.102. The Bertz CT molecular complexity index is 746. The normalized spacial score (nSPS) is 10.3. The second-order valence-electron chi connectivity index (χ2n) is 4.56. The van der Waals surface area contributed by atoms with Crippen molar-refractivity contribution in [3.8, 4) is 16.9 Å². The maximum atomic E-state index is 11.9. The number of furan rings is 1. The summed E-state index contributed by atoms with van der Waals surface area (Å²) in [5, 5.41) is 12.6. The van der Waals surface area contributed by atoms with Crippen molar-refractivity contribution in [2.45, 2.75) is 0 Å². The van der Waals surface area contributed by atoms with Crippen LogP contribution in [0.2, 0.25) is 0 Å². The fourth-order valence-corrected chi connectivity index (χ4v) is 2.05. The van der Waals surface area contributed by atoms with Crippen molar-refractivity contribution < 1.29 is 14.3 Å². The first-order valence-electron chi connectivity index (χ1n) is 6.46. The van der Waals surface area contributed by atoms with Crippen LogP contribution in [0.4, 0.5) is 5.69 Å².